The molecule has 0 aromatic heterocycles. The molecule has 0 saturated carbocycles. The number of benzene rings is 4. The molecule has 0 spiro atoms. The van der Waals surface area contributed by atoms with Crippen molar-refractivity contribution in [3.63, 3.8) is 0 Å². The van der Waals surface area contributed by atoms with Gasteiger partial charge in [0.15, 0.2) is 11.5 Å². The Morgan fingerprint density at radius 1 is 0.807 bits per heavy atom. The second-order valence-corrected chi connectivity index (χ2v) is 16.2. The summed E-state index contributed by atoms with van der Waals surface area (Å²) in [5.41, 5.74) is 9.19. The molecule has 4 aromatic rings. The van der Waals surface area contributed by atoms with Gasteiger partial charge in [0.1, 0.15) is 12.0 Å². The van der Waals surface area contributed by atoms with Crippen molar-refractivity contribution in [1.29, 1.82) is 0 Å². The number of ether oxygens (including phenoxy) is 3. The van der Waals surface area contributed by atoms with Crippen LogP contribution in [0.3, 0.4) is 0 Å². The van der Waals surface area contributed by atoms with Crippen molar-refractivity contribution in [2.45, 2.75) is 77.7 Å². The highest BCUT2D eigenvalue weighted by Crippen LogP contribution is 2.41. The summed E-state index contributed by atoms with van der Waals surface area (Å²) in [6.45, 7) is 11.0. The summed E-state index contributed by atoms with van der Waals surface area (Å²) in [6, 6.07) is 22.9. The molecule has 4 heterocycles. The van der Waals surface area contributed by atoms with Crippen molar-refractivity contribution in [3.05, 3.63) is 119 Å². The maximum absolute atomic E-state index is 13.9. The van der Waals surface area contributed by atoms with Crippen LogP contribution in [-0.4, -0.2) is 77.1 Å². The lowest BCUT2D eigenvalue weighted by atomic mass is 10.0. The molecule has 11 nitrogen and oxygen atoms in total. The average Bonchev–Trinajstić information content (AvgIpc) is 3.78. The van der Waals surface area contributed by atoms with Crippen molar-refractivity contribution in [2.24, 2.45) is 4.99 Å². The van der Waals surface area contributed by atoms with Crippen LogP contribution in [-0.2, 0) is 0 Å². The Morgan fingerprint density at radius 3 is 2.16 bits per heavy atom. The van der Waals surface area contributed by atoms with E-state index in [4.69, 9.17) is 19.2 Å². The van der Waals surface area contributed by atoms with Crippen molar-refractivity contribution < 1.29 is 28.9 Å². The molecular formula is C46H49N5O6. The lowest BCUT2D eigenvalue weighted by Gasteiger charge is -2.24. The topological polar surface area (TPSA) is 125 Å². The van der Waals surface area contributed by atoms with Crippen molar-refractivity contribution >= 4 is 46.2 Å². The Morgan fingerprint density at radius 2 is 1.46 bits per heavy atom. The predicted octanol–water partition coefficient (Wildman–Crippen LogP) is 8.34. The molecule has 11 heteroatoms. The SMILES string of the molecule is COc1cc2c(cc1OCCCOc1cc3c(cc1C)C(=O)N1C=C(c4ccc(C)cc4)C[C@H]1C(O)N3)N=C[C@@H]1CC(c3ccc(NC(C)(C)C)cc3)=CN1C2=O. The van der Waals surface area contributed by atoms with Gasteiger partial charge in [0.25, 0.3) is 11.8 Å². The smallest absolute Gasteiger partial charge is 0.260 e. The van der Waals surface area contributed by atoms with Gasteiger partial charge in [-0.25, -0.2) is 0 Å². The summed E-state index contributed by atoms with van der Waals surface area (Å²) in [5, 5.41) is 17.8. The standard InChI is InChI=1S/C46H49N5O6/c1-27-8-10-29(11-9-27)32-20-39-43(52)48-38-23-40(28(2)18-35(38)45(54)51(39)26-32)56-16-7-17-57-42-22-37-36(21-41(42)55-6)44(53)50-25-31(19-34(50)24-47-37)30-12-14-33(15-13-30)49-46(3,4)5/h8-15,18,21-26,34,39,43,48-49,52H,7,16-17,19-20H2,1-6H3/t34-,39-,43?/m0/s1. The van der Waals surface area contributed by atoms with Gasteiger partial charge in [-0.3, -0.25) is 14.6 Å². The molecule has 3 atom stereocenters. The lowest BCUT2D eigenvalue weighted by Crippen LogP contribution is -2.42. The first kappa shape index (κ1) is 37.8. The van der Waals surface area contributed by atoms with Crippen molar-refractivity contribution in [3.8, 4) is 17.2 Å². The zero-order valence-electron chi connectivity index (χ0n) is 33.3. The molecule has 0 saturated heterocycles. The number of aryl methyl sites for hydroxylation is 2. The van der Waals surface area contributed by atoms with Gasteiger partial charge in [0, 0.05) is 54.8 Å². The highest BCUT2D eigenvalue weighted by Gasteiger charge is 2.39. The summed E-state index contributed by atoms with van der Waals surface area (Å²) < 4.78 is 18.0. The lowest BCUT2D eigenvalue weighted by molar-refractivity contribution is 0.0644. The van der Waals surface area contributed by atoms with E-state index in [0.29, 0.717) is 72.2 Å². The number of hydrogen-bond acceptors (Lipinski definition) is 9. The first-order valence-corrected chi connectivity index (χ1v) is 19.5. The molecule has 4 aromatic carbocycles. The van der Waals surface area contributed by atoms with Crippen LogP contribution >= 0.6 is 0 Å². The second kappa shape index (κ2) is 15.1. The Bertz CT molecular complexity index is 2310. The highest BCUT2D eigenvalue weighted by molar-refractivity contribution is 6.05. The highest BCUT2D eigenvalue weighted by atomic mass is 16.5. The molecule has 0 bridgehead atoms. The van der Waals surface area contributed by atoms with Crippen LogP contribution in [0, 0.1) is 13.8 Å². The van der Waals surface area contributed by atoms with Crippen molar-refractivity contribution in [1.82, 2.24) is 9.80 Å². The monoisotopic (exact) mass is 767 g/mol. The molecule has 57 heavy (non-hydrogen) atoms. The summed E-state index contributed by atoms with van der Waals surface area (Å²) in [7, 11) is 1.55. The zero-order chi connectivity index (χ0) is 40.0. The molecule has 4 aliphatic rings. The molecule has 8 rings (SSSR count). The zero-order valence-corrected chi connectivity index (χ0v) is 33.3. The summed E-state index contributed by atoms with van der Waals surface area (Å²) >= 11 is 0. The summed E-state index contributed by atoms with van der Waals surface area (Å²) in [6.07, 6.45) is 6.43. The molecular weight excluding hydrogens is 719 g/mol. The third kappa shape index (κ3) is 7.72. The Balaban J connectivity index is 0.893. The maximum Gasteiger partial charge on any atom is 0.260 e. The second-order valence-electron chi connectivity index (χ2n) is 16.2. The van der Waals surface area contributed by atoms with Crippen LogP contribution in [0.1, 0.15) is 83.0 Å². The van der Waals surface area contributed by atoms with Crippen LogP contribution in [0.4, 0.5) is 17.1 Å². The third-order valence-electron chi connectivity index (χ3n) is 10.7. The van der Waals surface area contributed by atoms with Crippen molar-refractivity contribution in [2.75, 3.05) is 31.0 Å². The predicted molar refractivity (Wildman–Crippen MR) is 224 cm³/mol. The normalized spacial score (nSPS) is 19.7. The minimum Gasteiger partial charge on any atom is -0.493 e. The van der Waals surface area contributed by atoms with Gasteiger partial charge in [0.2, 0.25) is 0 Å². The van der Waals surface area contributed by atoms with E-state index < -0.39 is 12.3 Å². The van der Waals surface area contributed by atoms with Crippen LogP contribution < -0.4 is 24.8 Å². The number of fused-ring (bicyclic) bond motifs is 4. The maximum atomic E-state index is 13.9. The minimum absolute atomic E-state index is 0.0359. The van der Waals surface area contributed by atoms with E-state index in [-0.39, 0.29) is 23.4 Å². The fraction of sp³-hybridized carbons (Fsp3) is 0.326. The molecule has 0 fully saturated rings. The molecule has 0 aliphatic carbocycles. The number of aliphatic imine (C=N–C) groups is 1. The molecule has 1 unspecified atom stereocenters. The van der Waals surface area contributed by atoms with Gasteiger partial charge in [-0.1, -0.05) is 42.0 Å². The summed E-state index contributed by atoms with van der Waals surface area (Å²) in [4.78, 5) is 35.8. The number of carbonyl (C=O) groups is 2. The van der Waals surface area contributed by atoms with Gasteiger partial charge in [-0.2, -0.15) is 0 Å². The van der Waals surface area contributed by atoms with Gasteiger partial charge in [-0.15, -0.1) is 0 Å². The Hall–Kier alpha value is -6.07. The van der Waals surface area contributed by atoms with Crippen LogP contribution in [0.5, 0.6) is 17.2 Å². The van der Waals surface area contributed by atoms with E-state index in [9.17, 15) is 14.7 Å². The Kier molecular flexibility index (Phi) is 10.0. The van der Waals surface area contributed by atoms with Gasteiger partial charge < -0.3 is 39.8 Å². The number of aliphatic hydroxyl groups is 1. The number of hydrogen-bond donors (Lipinski definition) is 3. The number of nitrogens with one attached hydrogen (secondary N) is 2. The molecule has 0 radical (unpaired) electrons. The molecule has 294 valence electrons. The van der Waals surface area contributed by atoms with Crippen LogP contribution in [0.2, 0.25) is 0 Å². The third-order valence-corrected chi connectivity index (χ3v) is 10.7. The number of carbonyl (C=O) groups excluding carboxylic acids is 2. The number of anilines is 2. The molecule has 2 amide bonds. The van der Waals surface area contributed by atoms with Gasteiger partial charge >= 0.3 is 0 Å². The number of amides is 2. The van der Waals surface area contributed by atoms with Gasteiger partial charge in [-0.05, 0) is 93.1 Å². The molecule has 3 N–H and O–H groups in total. The van der Waals surface area contributed by atoms with E-state index in [2.05, 4.69) is 67.8 Å². The van der Waals surface area contributed by atoms with Crippen LogP contribution in [0.25, 0.3) is 11.1 Å². The van der Waals surface area contributed by atoms with E-state index >= 15 is 0 Å². The number of rotatable bonds is 10. The first-order chi connectivity index (χ1) is 27.3. The van der Waals surface area contributed by atoms with Gasteiger partial charge in [0.05, 0.1) is 54.9 Å². The number of nitrogens with zero attached hydrogens (tertiary/aromatic N) is 3. The van der Waals surface area contributed by atoms with E-state index in [0.717, 1.165) is 33.5 Å². The number of methoxy groups -OCH3 is 1. The quantitative estimate of drug-likeness (QED) is 0.138. The largest absolute Gasteiger partial charge is 0.493 e. The van der Waals surface area contributed by atoms with Crippen LogP contribution in [0.15, 0.2) is 90.2 Å². The average molecular weight is 768 g/mol. The van der Waals surface area contributed by atoms with E-state index in [1.807, 2.05) is 50.7 Å². The minimum atomic E-state index is -0.959. The summed E-state index contributed by atoms with van der Waals surface area (Å²) in [5.74, 6) is 1.24. The Labute approximate surface area is 333 Å². The first-order valence-electron chi connectivity index (χ1n) is 19.5. The fourth-order valence-electron chi connectivity index (χ4n) is 7.80. The van der Waals surface area contributed by atoms with E-state index in [1.54, 1.807) is 35.1 Å². The fourth-order valence-corrected chi connectivity index (χ4v) is 7.80. The molecule has 4 aliphatic heterocycles. The number of aliphatic hydroxyl groups excluding tert-OH is 1. The van der Waals surface area contributed by atoms with E-state index in [1.165, 1.54) is 5.56 Å².